The second-order valence-corrected chi connectivity index (χ2v) is 10.1. The maximum Gasteiger partial charge on any atom is 0.0872 e. The van der Waals surface area contributed by atoms with Gasteiger partial charge in [0.2, 0.25) is 0 Å². The largest absolute Gasteiger partial charge is 0.302 e. The summed E-state index contributed by atoms with van der Waals surface area (Å²) in [7, 11) is 2.18. The molecule has 1 unspecified atom stereocenters. The minimum atomic E-state index is -0.438. The molecule has 0 amide bonds. The molecule has 0 saturated heterocycles. The van der Waals surface area contributed by atoms with Crippen LogP contribution in [0.15, 0.2) is 57.5 Å². The van der Waals surface area contributed by atoms with Crippen LogP contribution in [-0.4, -0.2) is 18.5 Å². The van der Waals surface area contributed by atoms with E-state index in [1.165, 1.54) is 24.8 Å². The number of nitrogens with zero attached hydrogens (tertiary/aromatic N) is 2. The van der Waals surface area contributed by atoms with Gasteiger partial charge in [-0.05, 0) is 62.9 Å². The lowest BCUT2D eigenvalue weighted by Gasteiger charge is -2.39. The highest BCUT2D eigenvalue weighted by atomic mass is 79.9. The lowest BCUT2D eigenvalue weighted by Crippen LogP contribution is -2.37. The van der Waals surface area contributed by atoms with Gasteiger partial charge in [-0.1, -0.05) is 87.5 Å². The van der Waals surface area contributed by atoms with Gasteiger partial charge in [-0.25, -0.2) is 0 Å². The Kier molecular flexibility index (Phi) is 8.35. The molecule has 0 heterocycles. The first kappa shape index (κ1) is 22.5. The third kappa shape index (κ3) is 5.51. The van der Waals surface area contributed by atoms with Crippen molar-refractivity contribution in [2.45, 2.75) is 56.9 Å². The molecular formula is C25H30Br2N2. The minimum absolute atomic E-state index is 0.427. The summed E-state index contributed by atoms with van der Waals surface area (Å²) in [6.07, 6.45) is 8.00. The van der Waals surface area contributed by atoms with E-state index in [2.05, 4.69) is 92.3 Å². The number of rotatable bonds is 8. The Labute approximate surface area is 192 Å². The molecule has 0 aliphatic heterocycles. The Balaban J connectivity index is 1.77. The van der Waals surface area contributed by atoms with E-state index in [0.717, 1.165) is 53.3 Å². The predicted octanol–water partition coefficient (Wildman–Crippen LogP) is 7.47. The average molecular weight is 518 g/mol. The Hall–Kier alpha value is -1.15. The van der Waals surface area contributed by atoms with Crippen LogP contribution >= 0.6 is 31.9 Å². The third-order valence-corrected chi connectivity index (χ3v) is 7.64. The second-order valence-electron chi connectivity index (χ2n) is 8.34. The molecule has 1 saturated carbocycles. The Bertz CT molecular complexity index is 804. The van der Waals surface area contributed by atoms with Crippen molar-refractivity contribution in [2.24, 2.45) is 5.92 Å². The average Bonchev–Trinajstić information content (AvgIpc) is 2.74. The van der Waals surface area contributed by atoms with Gasteiger partial charge in [-0.2, -0.15) is 5.26 Å². The van der Waals surface area contributed by atoms with Crippen LogP contribution in [0.5, 0.6) is 0 Å². The molecule has 1 atom stereocenters. The summed E-state index contributed by atoms with van der Waals surface area (Å²) in [5.74, 6) is 0.427. The molecule has 0 radical (unpaired) electrons. The lowest BCUT2D eigenvalue weighted by molar-refractivity contribution is 0.222. The molecule has 0 spiro atoms. The van der Waals surface area contributed by atoms with Crippen molar-refractivity contribution in [1.82, 2.24) is 4.90 Å². The van der Waals surface area contributed by atoms with Crippen LogP contribution in [0.3, 0.4) is 0 Å². The zero-order chi connectivity index (χ0) is 20.7. The monoisotopic (exact) mass is 516 g/mol. The standard InChI is InChI=1S/C25H30Br2N2/c1-29(18-20-10-4-2-5-11-20)17-9-16-25(19-28,21-12-6-3-7-13-21)24-22(26)14-8-15-23(24)27/h2,4-5,8,10-11,14-15,21H,3,6-7,9,12-13,16-18H2,1H3. The fourth-order valence-electron chi connectivity index (χ4n) is 4.86. The van der Waals surface area contributed by atoms with Crippen LogP contribution < -0.4 is 0 Å². The van der Waals surface area contributed by atoms with Gasteiger partial charge in [0.05, 0.1) is 11.5 Å². The first-order valence-corrected chi connectivity index (χ1v) is 12.2. The summed E-state index contributed by atoms with van der Waals surface area (Å²) in [5.41, 5.74) is 2.05. The molecule has 2 aromatic carbocycles. The van der Waals surface area contributed by atoms with Gasteiger partial charge >= 0.3 is 0 Å². The number of nitriles is 1. The summed E-state index contributed by atoms with van der Waals surface area (Å²) in [6.45, 7) is 1.94. The first-order valence-electron chi connectivity index (χ1n) is 10.6. The smallest absolute Gasteiger partial charge is 0.0872 e. The molecule has 1 aliphatic rings. The van der Waals surface area contributed by atoms with Crippen molar-refractivity contribution in [3.05, 3.63) is 68.6 Å². The van der Waals surface area contributed by atoms with Gasteiger partial charge in [0.25, 0.3) is 0 Å². The van der Waals surface area contributed by atoms with Gasteiger partial charge in [-0.3, -0.25) is 0 Å². The van der Waals surface area contributed by atoms with Gasteiger partial charge in [0.15, 0.2) is 0 Å². The molecule has 0 bridgehead atoms. The van der Waals surface area contributed by atoms with Crippen LogP contribution in [0.2, 0.25) is 0 Å². The van der Waals surface area contributed by atoms with E-state index in [1.807, 2.05) is 6.07 Å². The molecule has 154 valence electrons. The fourth-order valence-corrected chi connectivity index (χ4v) is 6.56. The molecule has 0 aromatic heterocycles. The van der Waals surface area contributed by atoms with Crippen LogP contribution in [0, 0.1) is 17.2 Å². The van der Waals surface area contributed by atoms with Crippen molar-refractivity contribution in [3.63, 3.8) is 0 Å². The SMILES string of the molecule is CN(CCCC(C#N)(c1c(Br)cccc1Br)C1CCCCC1)Cc1ccccc1. The number of hydrogen-bond acceptors (Lipinski definition) is 2. The summed E-state index contributed by atoms with van der Waals surface area (Å²) >= 11 is 7.53. The minimum Gasteiger partial charge on any atom is -0.302 e. The third-order valence-electron chi connectivity index (χ3n) is 6.32. The van der Waals surface area contributed by atoms with Gasteiger partial charge in [0, 0.05) is 21.1 Å². The highest BCUT2D eigenvalue weighted by Crippen LogP contribution is 2.48. The summed E-state index contributed by atoms with van der Waals surface area (Å²) in [5, 5.41) is 10.5. The fraction of sp³-hybridized carbons (Fsp3) is 0.480. The molecule has 2 nitrogen and oxygen atoms in total. The number of hydrogen-bond donors (Lipinski definition) is 0. The summed E-state index contributed by atoms with van der Waals surface area (Å²) in [4.78, 5) is 2.37. The van der Waals surface area contributed by atoms with Crippen LogP contribution in [0.1, 0.15) is 56.1 Å². The van der Waals surface area contributed by atoms with Crippen molar-refractivity contribution in [3.8, 4) is 6.07 Å². The normalized spacial score (nSPS) is 17.1. The summed E-state index contributed by atoms with van der Waals surface area (Å²) < 4.78 is 2.10. The van der Waals surface area contributed by atoms with E-state index in [0.29, 0.717) is 5.92 Å². The van der Waals surface area contributed by atoms with E-state index < -0.39 is 5.41 Å². The van der Waals surface area contributed by atoms with E-state index in [4.69, 9.17) is 0 Å². The second kappa shape index (κ2) is 10.8. The molecule has 1 fully saturated rings. The predicted molar refractivity (Wildman–Crippen MR) is 128 cm³/mol. The molecular weight excluding hydrogens is 488 g/mol. The zero-order valence-corrected chi connectivity index (χ0v) is 20.4. The van der Waals surface area contributed by atoms with E-state index in [1.54, 1.807) is 0 Å². The van der Waals surface area contributed by atoms with Crippen molar-refractivity contribution in [1.29, 1.82) is 5.26 Å². The van der Waals surface area contributed by atoms with Crippen LogP contribution in [0.25, 0.3) is 0 Å². The highest BCUT2D eigenvalue weighted by molar-refractivity contribution is 9.11. The molecule has 0 N–H and O–H groups in total. The zero-order valence-electron chi connectivity index (χ0n) is 17.2. The Morgan fingerprint density at radius 3 is 2.28 bits per heavy atom. The van der Waals surface area contributed by atoms with Crippen molar-refractivity contribution < 1.29 is 0 Å². The van der Waals surface area contributed by atoms with Crippen LogP contribution in [0.4, 0.5) is 0 Å². The van der Waals surface area contributed by atoms with Crippen LogP contribution in [-0.2, 0) is 12.0 Å². The van der Waals surface area contributed by atoms with E-state index in [-0.39, 0.29) is 0 Å². The molecule has 1 aliphatic carbocycles. The van der Waals surface area contributed by atoms with Gasteiger partial charge in [0.1, 0.15) is 0 Å². The Morgan fingerprint density at radius 1 is 1.00 bits per heavy atom. The van der Waals surface area contributed by atoms with Crippen molar-refractivity contribution in [2.75, 3.05) is 13.6 Å². The van der Waals surface area contributed by atoms with Gasteiger partial charge in [-0.15, -0.1) is 0 Å². The van der Waals surface area contributed by atoms with Crippen molar-refractivity contribution >= 4 is 31.9 Å². The molecule has 29 heavy (non-hydrogen) atoms. The van der Waals surface area contributed by atoms with E-state index >= 15 is 0 Å². The highest BCUT2D eigenvalue weighted by Gasteiger charge is 2.43. The van der Waals surface area contributed by atoms with Gasteiger partial charge < -0.3 is 4.90 Å². The van der Waals surface area contributed by atoms with E-state index in [9.17, 15) is 5.26 Å². The molecule has 4 heteroatoms. The number of halogens is 2. The quantitative estimate of drug-likeness (QED) is 0.363. The molecule has 3 rings (SSSR count). The molecule has 2 aromatic rings. The maximum absolute atomic E-state index is 10.5. The number of benzene rings is 2. The summed E-state index contributed by atoms with van der Waals surface area (Å²) in [6, 6.07) is 19.6. The topological polar surface area (TPSA) is 27.0 Å². The lowest BCUT2D eigenvalue weighted by atomic mass is 9.63. The Morgan fingerprint density at radius 2 is 1.66 bits per heavy atom. The maximum atomic E-state index is 10.5. The first-order chi connectivity index (χ1) is 14.1.